The first-order valence-electron chi connectivity index (χ1n) is 8.28. The van der Waals surface area contributed by atoms with Crippen molar-refractivity contribution in [1.82, 2.24) is 14.6 Å². The number of anilines is 1. The lowest BCUT2D eigenvalue weighted by Crippen LogP contribution is -2.29. The van der Waals surface area contributed by atoms with E-state index in [1.807, 2.05) is 42.6 Å². The molecule has 0 aliphatic carbocycles. The van der Waals surface area contributed by atoms with Crippen molar-refractivity contribution in [2.45, 2.75) is 13.3 Å². The molecule has 0 N–H and O–H groups in total. The normalized spacial score (nSPS) is 10.7. The number of hydrogen-bond acceptors (Lipinski definition) is 4. The van der Waals surface area contributed by atoms with Gasteiger partial charge in [0, 0.05) is 44.6 Å². The fourth-order valence-corrected chi connectivity index (χ4v) is 2.66. The van der Waals surface area contributed by atoms with Crippen LogP contribution in [0.5, 0.6) is 5.75 Å². The predicted molar refractivity (Wildman–Crippen MR) is 98.9 cm³/mol. The molecule has 6 nitrogen and oxygen atoms in total. The molecule has 1 aromatic carbocycles. The lowest BCUT2D eigenvalue weighted by molar-refractivity contribution is 0.172. The van der Waals surface area contributed by atoms with Crippen molar-refractivity contribution in [3.05, 3.63) is 55.0 Å². The van der Waals surface area contributed by atoms with Gasteiger partial charge in [-0.1, -0.05) is 6.92 Å². The number of nitrogens with zero attached hydrogens (tertiary/aromatic N) is 4. The van der Waals surface area contributed by atoms with E-state index in [2.05, 4.69) is 21.6 Å². The molecule has 0 atom stereocenters. The Balaban J connectivity index is 1.95. The summed E-state index contributed by atoms with van der Waals surface area (Å²) in [6, 6.07) is 11.7. The van der Waals surface area contributed by atoms with E-state index in [1.165, 1.54) is 4.90 Å². The lowest BCUT2D eigenvalue weighted by atomic mass is 10.2. The highest BCUT2D eigenvalue weighted by atomic mass is 16.6. The minimum absolute atomic E-state index is 0.386. The Morgan fingerprint density at radius 3 is 2.60 bits per heavy atom. The number of benzene rings is 1. The molecule has 0 fully saturated rings. The number of ether oxygens (including phenoxy) is 1. The Kier molecular flexibility index (Phi) is 4.88. The molecular formula is C19H22N4O2. The number of carbonyl (C=O) groups excluding carboxylic acids is 1. The Morgan fingerprint density at radius 2 is 1.92 bits per heavy atom. The van der Waals surface area contributed by atoms with Crippen molar-refractivity contribution in [3.63, 3.8) is 0 Å². The van der Waals surface area contributed by atoms with Crippen LogP contribution in [0.4, 0.5) is 10.5 Å². The van der Waals surface area contributed by atoms with Crippen LogP contribution in [0.1, 0.15) is 13.3 Å². The first-order valence-corrected chi connectivity index (χ1v) is 8.28. The molecular weight excluding hydrogens is 316 g/mol. The van der Waals surface area contributed by atoms with Gasteiger partial charge in [-0.15, -0.1) is 0 Å². The molecule has 1 amide bonds. The molecule has 0 aliphatic rings. The molecule has 25 heavy (non-hydrogen) atoms. The average molecular weight is 338 g/mol. The van der Waals surface area contributed by atoms with Gasteiger partial charge in [0.05, 0.1) is 11.2 Å². The molecule has 0 bridgehead atoms. The van der Waals surface area contributed by atoms with Gasteiger partial charge in [-0.25, -0.2) is 4.79 Å². The van der Waals surface area contributed by atoms with Crippen LogP contribution in [-0.2, 0) is 0 Å². The average Bonchev–Trinajstić information content (AvgIpc) is 3.03. The molecule has 2 aromatic heterocycles. The first-order chi connectivity index (χ1) is 12.1. The molecule has 0 aliphatic heterocycles. The second-order valence-electron chi connectivity index (χ2n) is 5.97. The number of hydrogen-bond donors (Lipinski definition) is 0. The number of fused-ring (bicyclic) bond motifs is 1. The third-order valence-electron chi connectivity index (χ3n) is 3.87. The Labute approximate surface area is 147 Å². The van der Waals surface area contributed by atoms with Crippen LogP contribution < -0.4 is 9.75 Å². The molecule has 0 radical (unpaired) electrons. The van der Waals surface area contributed by atoms with Gasteiger partial charge in [-0.2, -0.15) is 0 Å². The Bertz CT molecular complexity index is 858. The summed E-state index contributed by atoms with van der Waals surface area (Å²) < 4.78 is 7.46. The summed E-state index contributed by atoms with van der Waals surface area (Å²) in [4.78, 5) is 17.2. The van der Waals surface area contributed by atoms with Crippen LogP contribution >= 0.6 is 0 Å². The third kappa shape index (κ3) is 3.57. The molecule has 6 heteroatoms. The zero-order chi connectivity index (χ0) is 17.8. The summed E-state index contributed by atoms with van der Waals surface area (Å²) in [5.74, 6) is 0.537. The maximum Gasteiger partial charge on any atom is 0.414 e. The molecule has 0 saturated heterocycles. The standard InChI is InChI=1S/C19H22N4O2/c1-4-12-22(16-7-10-20-11-8-16)23-13-9-15-14-17(5-6-18(15)23)25-19(24)21(2)3/h5-11,13-14H,4,12H2,1-3H3. The molecule has 2 heterocycles. The van der Waals surface area contributed by atoms with Crippen LogP contribution in [-0.4, -0.2) is 41.3 Å². The number of amides is 1. The molecule has 0 unspecified atom stereocenters. The number of rotatable bonds is 5. The van der Waals surface area contributed by atoms with Crippen LogP contribution in [0.25, 0.3) is 10.9 Å². The summed E-state index contributed by atoms with van der Waals surface area (Å²) in [6.45, 7) is 3.03. The third-order valence-corrected chi connectivity index (χ3v) is 3.87. The van der Waals surface area contributed by atoms with E-state index < -0.39 is 0 Å². The molecule has 3 aromatic rings. The predicted octanol–water partition coefficient (Wildman–Crippen LogP) is 3.78. The van der Waals surface area contributed by atoms with Gasteiger partial charge in [0.2, 0.25) is 0 Å². The zero-order valence-electron chi connectivity index (χ0n) is 14.7. The molecule has 3 rings (SSSR count). The summed E-state index contributed by atoms with van der Waals surface area (Å²) in [5, 5.41) is 3.22. The smallest absolute Gasteiger partial charge is 0.410 e. The maximum absolute atomic E-state index is 11.7. The van der Waals surface area contributed by atoms with Gasteiger partial charge in [0.1, 0.15) is 5.75 Å². The van der Waals surface area contributed by atoms with Gasteiger partial charge in [-0.05, 0) is 42.8 Å². The largest absolute Gasteiger partial charge is 0.414 e. The summed E-state index contributed by atoms with van der Waals surface area (Å²) in [5.41, 5.74) is 2.13. The number of pyridine rings is 1. The minimum atomic E-state index is -0.386. The highest BCUT2D eigenvalue weighted by Gasteiger charge is 2.12. The van der Waals surface area contributed by atoms with Gasteiger partial charge in [-0.3, -0.25) is 14.7 Å². The fourth-order valence-electron chi connectivity index (χ4n) is 2.66. The van der Waals surface area contributed by atoms with E-state index in [1.54, 1.807) is 26.5 Å². The van der Waals surface area contributed by atoms with Crippen molar-refractivity contribution >= 4 is 22.7 Å². The van der Waals surface area contributed by atoms with Crippen molar-refractivity contribution in [1.29, 1.82) is 0 Å². The van der Waals surface area contributed by atoms with Crippen LogP contribution in [0, 0.1) is 0 Å². The molecule has 0 spiro atoms. The van der Waals surface area contributed by atoms with Crippen molar-refractivity contribution in [2.24, 2.45) is 0 Å². The minimum Gasteiger partial charge on any atom is -0.410 e. The summed E-state index contributed by atoms with van der Waals surface area (Å²) in [6.07, 6.45) is 6.24. The van der Waals surface area contributed by atoms with Gasteiger partial charge in [0.15, 0.2) is 0 Å². The monoisotopic (exact) mass is 338 g/mol. The van der Waals surface area contributed by atoms with Crippen LogP contribution in [0.2, 0.25) is 0 Å². The van der Waals surface area contributed by atoms with Gasteiger partial charge < -0.3 is 9.64 Å². The lowest BCUT2D eigenvalue weighted by Gasteiger charge is -2.26. The topological polar surface area (TPSA) is 50.6 Å². The summed E-state index contributed by atoms with van der Waals surface area (Å²) in [7, 11) is 3.32. The van der Waals surface area contributed by atoms with Crippen molar-refractivity contribution < 1.29 is 9.53 Å². The van der Waals surface area contributed by atoms with Gasteiger partial charge >= 0.3 is 6.09 Å². The highest BCUT2D eigenvalue weighted by molar-refractivity contribution is 5.83. The SMILES string of the molecule is CCCN(c1ccncc1)n1ccc2cc(OC(=O)N(C)C)ccc21. The Hall–Kier alpha value is -3.02. The van der Waals surface area contributed by atoms with E-state index >= 15 is 0 Å². The molecule has 130 valence electrons. The Morgan fingerprint density at radius 1 is 1.16 bits per heavy atom. The van der Waals surface area contributed by atoms with E-state index in [4.69, 9.17) is 4.74 Å². The highest BCUT2D eigenvalue weighted by Crippen LogP contribution is 2.25. The van der Waals surface area contributed by atoms with E-state index in [0.717, 1.165) is 29.6 Å². The second-order valence-corrected chi connectivity index (χ2v) is 5.97. The number of carbonyl (C=O) groups is 1. The maximum atomic E-state index is 11.7. The van der Waals surface area contributed by atoms with Gasteiger partial charge in [0.25, 0.3) is 0 Å². The molecule has 0 saturated carbocycles. The van der Waals surface area contributed by atoms with Crippen molar-refractivity contribution in [3.8, 4) is 5.75 Å². The zero-order valence-corrected chi connectivity index (χ0v) is 14.7. The van der Waals surface area contributed by atoms with E-state index in [9.17, 15) is 4.79 Å². The van der Waals surface area contributed by atoms with Crippen molar-refractivity contribution in [2.75, 3.05) is 25.6 Å². The van der Waals surface area contributed by atoms with Crippen LogP contribution in [0.15, 0.2) is 55.0 Å². The quantitative estimate of drug-likeness (QED) is 0.710. The second kappa shape index (κ2) is 7.25. The van der Waals surface area contributed by atoms with E-state index in [-0.39, 0.29) is 6.09 Å². The summed E-state index contributed by atoms with van der Waals surface area (Å²) >= 11 is 0. The fraction of sp³-hybridized carbons (Fsp3) is 0.263. The van der Waals surface area contributed by atoms with Crippen LogP contribution in [0.3, 0.4) is 0 Å². The first kappa shape index (κ1) is 16.8. The van der Waals surface area contributed by atoms with E-state index in [0.29, 0.717) is 5.75 Å². The number of aromatic nitrogens is 2.